The molecule has 0 aliphatic carbocycles. The zero-order chi connectivity index (χ0) is 14.4. The van der Waals surface area contributed by atoms with Crippen molar-refractivity contribution in [3.63, 3.8) is 0 Å². The van der Waals surface area contributed by atoms with E-state index in [0.29, 0.717) is 0 Å². The molecule has 1 unspecified atom stereocenters. The van der Waals surface area contributed by atoms with Crippen LogP contribution in [0.15, 0.2) is 42.7 Å². The molecule has 4 heteroatoms. The fourth-order valence-electron chi connectivity index (χ4n) is 2.21. The van der Waals surface area contributed by atoms with E-state index < -0.39 is 0 Å². The summed E-state index contributed by atoms with van der Waals surface area (Å²) >= 11 is 0. The van der Waals surface area contributed by atoms with E-state index in [4.69, 9.17) is 9.47 Å². The van der Waals surface area contributed by atoms with Gasteiger partial charge in [0, 0.05) is 11.8 Å². The number of nitrogens with zero attached hydrogens (tertiary/aromatic N) is 1. The Bertz CT molecular complexity index is 540. The summed E-state index contributed by atoms with van der Waals surface area (Å²) in [6, 6.07) is 10.1. The van der Waals surface area contributed by atoms with E-state index in [1.165, 1.54) is 0 Å². The van der Waals surface area contributed by atoms with Crippen molar-refractivity contribution in [3.05, 3.63) is 53.9 Å². The lowest BCUT2D eigenvalue weighted by molar-refractivity contribution is 0.402. The van der Waals surface area contributed by atoms with Crippen LogP contribution in [0, 0.1) is 0 Å². The summed E-state index contributed by atoms with van der Waals surface area (Å²) in [6.45, 7) is 2.95. The standard InChI is InChI=1S/C16H20N2O2/c1-4-18-16(12-5-7-13(19-2)8-6-12)14-9-10-17-11-15(14)20-3/h5-11,16,18H,4H2,1-3H3. The Hall–Kier alpha value is -2.07. The molecule has 4 nitrogen and oxygen atoms in total. The maximum absolute atomic E-state index is 5.41. The highest BCUT2D eigenvalue weighted by atomic mass is 16.5. The average molecular weight is 272 g/mol. The molecule has 106 valence electrons. The first-order chi connectivity index (χ1) is 9.80. The molecule has 1 heterocycles. The summed E-state index contributed by atoms with van der Waals surface area (Å²) < 4.78 is 10.6. The molecule has 1 aromatic heterocycles. The van der Waals surface area contributed by atoms with Crippen LogP contribution in [-0.2, 0) is 0 Å². The van der Waals surface area contributed by atoms with E-state index in [1.54, 1.807) is 26.6 Å². The number of rotatable bonds is 6. The minimum atomic E-state index is 0.0730. The summed E-state index contributed by atoms with van der Waals surface area (Å²) in [5, 5.41) is 3.48. The van der Waals surface area contributed by atoms with Crippen LogP contribution >= 0.6 is 0 Å². The molecule has 0 radical (unpaired) electrons. The van der Waals surface area contributed by atoms with Gasteiger partial charge < -0.3 is 14.8 Å². The van der Waals surface area contributed by atoms with Crippen molar-refractivity contribution in [3.8, 4) is 11.5 Å². The van der Waals surface area contributed by atoms with E-state index in [-0.39, 0.29) is 6.04 Å². The highest BCUT2D eigenvalue weighted by Gasteiger charge is 2.17. The van der Waals surface area contributed by atoms with Crippen molar-refractivity contribution in [2.24, 2.45) is 0 Å². The van der Waals surface area contributed by atoms with Gasteiger partial charge in [0.1, 0.15) is 11.5 Å². The monoisotopic (exact) mass is 272 g/mol. The smallest absolute Gasteiger partial charge is 0.142 e. The number of benzene rings is 1. The molecule has 0 spiro atoms. The second kappa shape index (κ2) is 6.91. The van der Waals surface area contributed by atoms with Crippen LogP contribution in [-0.4, -0.2) is 25.7 Å². The van der Waals surface area contributed by atoms with Gasteiger partial charge in [-0.3, -0.25) is 4.98 Å². The predicted molar refractivity (Wildman–Crippen MR) is 79.3 cm³/mol. The normalized spacial score (nSPS) is 11.9. The van der Waals surface area contributed by atoms with Crippen molar-refractivity contribution in [2.45, 2.75) is 13.0 Å². The van der Waals surface area contributed by atoms with Crippen LogP contribution in [0.2, 0.25) is 0 Å². The Balaban J connectivity index is 2.39. The molecule has 1 N–H and O–H groups in total. The van der Waals surface area contributed by atoms with Crippen LogP contribution in [0.5, 0.6) is 11.5 Å². The van der Waals surface area contributed by atoms with Crippen LogP contribution < -0.4 is 14.8 Å². The van der Waals surface area contributed by atoms with Gasteiger partial charge in [-0.2, -0.15) is 0 Å². The van der Waals surface area contributed by atoms with Gasteiger partial charge in [0.15, 0.2) is 0 Å². The molecule has 2 aromatic rings. The fraction of sp³-hybridized carbons (Fsp3) is 0.312. The lowest BCUT2D eigenvalue weighted by Crippen LogP contribution is -2.22. The van der Waals surface area contributed by atoms with Gasteiger partial charge in [-0.15, -0.1) is 0 Å². The third-order valence-electron chi connectivity index (χ3n) is 3.20. The van der Waals surface area contributed by atoms with Gasteiger partial charge in [0.2, 0.25) is 0 Å². The molecular weight excluding hydrogens is 252 g/mol. The van der Waals surface area contributed by atoms with Crippen LogP contribution in [0.1, 0.15) is 24.1 Å². The number of methoxy groups -OCH3 is 2. The number of nitrogens with one attached hydrogen (secondary N) is 1. The maximum atomic E-state index is 5.41. The molecular formula is C16H20N2O2. The summed E-state index contributed by atoms with van der Waals surface area (Å²) in [4.78, 5) is 4.11. The third kappa shape index (κ3) is 3.08. The number of hydrogen-bond donors (Lipinski definition) is 1. The highest BCUT2D eigenvalue weighted by molar-refractivity contribution is 5.41. The zero-order valence-corrected chi connectivity index (χ0v) is 12.1. The number of aromatic nitrogens is 1. The SMILES string of the molecule is CCNC(c1ccc(OC)cc1)c1ccncc1OC. The summed E-state index contributed by atoms with van der Waals surface area (Å²) in [5.74, 6) is 1.64. The molecule has 1 atom stereocenters. The van der Waals surface area contributed by atoms with E-state index in [9.17, 15) is 0 Å². The summed E-state index contributed by atoms with van der Waals surface area (Å²) in [5.41, 5.74) is 2.24. The van der Waals surface area contributed by atoms with E-state index >= 15 is 0 Å². The number of hydrogen-bond acceptors (Lipinski definition) is 4. The third-order valence-corrected chi connectivity index (χ3v) is 3.20. The van der Waals surface area contributed by atoms with Gasteiger partial charge in [0.25, 0.3) is 0 Å². The molecule has 0 bridgehead atoms. The lowest BCUT2D eigenvalue weighted by Gasteiger charge is -2.21. The minimum Gasteiger partial charge on any atom is -0.497 e. The fourth-order valence-corrected chi connectivity index (χ4v) is 2.21. The summed E-state index contributed by atoms with van der Waals surface area (Å²) in [6.07, 6.45) is 3.52. The van der Waals surface area contributed by atoms with Crippen LogP contribution in [0.3, 0.4) is 0 Å². The highest BCUT2D eigenvalue weighted by Crippen LogP contribution is 2.29. The Morgan fingerprint density at radius 3 is 2.45 bits per heavy atom. The largest absolute Gasteiger partial charge is 0.497 e. The molecule has 0 aliphatic heterocycles. The Kier molecular flexibility index (Phi) is 4.96. The molecule has 1 aromatic carbocycles. The Labute approximate surface area is 119 Å². The van der Waals surface area contributed by atoms with Gasteiger partial charge >= 0.3 is 0 Å². The lowest BCUT2D eigenvalue weighted by atomic mass is 9.98. The van der Waals surface area contributed by atoms with Gasteiger partial charge in [-0.1, -0.05) is 19.1 Å². The Morgan fingerprint density at radius 2 is 1.85 bits per heavy atom. The average Bonchev–Trinajstić information content (AvgIpc) is 2.53. The molecule has 0 aliphatic rings. The Morgan fingerprint density at radius 1 is 1.10 bits per heavy atom. The van der Waals surface area contributed by atoms with Crippen molar-refractivity contribution in [1.29, 1.82) is 0 Å². The first kappa shape index (κ1) is 14.3. The van der Waals surface area contributed by atoms with Crippen molar-refractivity contribution in [1.82, 2.24) is 10.3 Å². The van der Waals surface area contributed by atoms with Crippen LogP contribution in [0.4, 0.5) is 0 Å². The van der Waals surface area contributed by atoms with Crippen molar-refractivity contribution in [2.75, 3.05) is 20.8 Å². The first-order valence-corrected chi connectivity index (χ1v) is 6.65. The molecule has 0 saturated heterocycles. The van der Waals surface area contributed by atoms with Gasteiger partial charge in [-0.25, -0.2) is 0 Å². The van der Waals surface area contributed by atoms with Crippen LogP contribution in [0.25, 0.3) is 0 Å². The predicted octanol–water partition coefficient (Wildman–Crippen LogP) is 2.80. The molecule has 0 amide bonds. The quantitative estimate of drug-likeness (QED) is 0.878. The van der Waals surface area contributed by atoms with E-state index in [1.807, 2.05) is 18.2 Å². The summed E-state index contributed by atoms with van der Waals surface area (Å²) in [7, 11) is 3.33. The van der Waals surface area contributed by atoms with Gasteiger partial charge in [-0.05, 0) is 30.3 Å². The topological polar surface area (TPSA) is 43.4 Å². The first-order valence-electron chi connectivity index (χ1n) is 6.65. The van der Waals surface area contributed by atoms with Crippen molar-refractivity contribution >= 4 is 0 Å². The molecule has 2 rings (SSSR count). The van der Waals surface area contributed by atoms with Crippen molar-refractivity contribution < 1.29 is 9.47 Å². The minimum absolute atomic E-state index is 0.0730. The van der Waals surface area contributed by atoms with E-state index in [2.05, 4.69) is 29.4 Å². The van der Waals surface area contributed by atoms with E-state index in [0.717, 1.165) is 29.2 Å². The second-order valence-corrected chi connectivity index (χ2v) is 4.38. The van der Waals surface area contributed by atoms with Gasteiger partial charge in [0.05, 0.1) is 26.5 Å². The molecule has 0 saturated carbocycles. The number of pyridine rings is 1. The zero-order valence-electron chi connectivity index (χ0n) is 12.1. The molecule has 20 heavy (non-hydrogen) atoms. The maximum Gasteiger partial charge on any atom is 0.142 e. The number of ether oxygens (including phenoxy) is 2. The second-order valence-electron chi connectivity index (χ2n) is 4.38. The molecule has 0 fully saturated rings.